The lowest BCUT2D eigenvalue weighted by Gasteiger charge is -2.15. The van der Waals surface area contributed by atoms with Gasteiger partial charge in [-0.2, -0.15) is 5.10 Å². The van der Waals surface area contributed by atoms with E-state index in [-0.39, 0.29) is 18.2 Å². The minimum Gasteiger partial charge on any atom is -0.354 e. The van der Waals surface area contributed by atoms with E-state index in [4.69, 9.17) is 0 Å². The van der Waals surface area contributed by atoms with Gasteiger partial charge in [-0.05, 0) is 35.7 Å². The normalized spacial score (nSPS) is 11.9. The van der Waals surface area contributed by atoms with Gasteiger partial charge >= 0.3 is 0 Å². The molecule has 1 unspecified atom stereocenters. The maximum Gasteiger partial charge on any atom is 0.242 e. The summed E-state index contributed by atoms with van der Waals surface area (Å²) in [5.74, 6) is -0.340. The highest BCUT2D eigenvalue weighted by Crippen LogP contribution is 2.18. The number of aromatic nitrogens is 2. The summed E-state index contributed by atoms with van der Waals surface area (Å²) in [5.41, 5.74) is 0.956. The molecule has 2 amide bonds. The van der Waals surface area contributed by atoms with E-state index in [0.717, 1.165) is 29.3 Å². The number of carbonyl (C=O) groups is 2. The van der Waals surface area contributed by atoms with Crippen LogP contribution >= 0.6 is 0 Å². The zero-order valence-electron chi connectivity index (χ0n) is 15.4. The summed E-state index contributed by atoms with van der Waals surface area (Å²) in [6, 6.07) is 15.2. The minimum absolute atomic E-state index is 0.162. The quantitative estimate of drug-likeness (QED) is 0.602. The van der Waals surface area contributed by atoms with Crippen LogP contribution in [0.2, 0.25) is 0 Å². The summed E-state index contributed by atoms with van der Waals surface area (Å²) in [6.07, 6.45) is 4.65. The number of nitrogens with one attached hydrogen (secondary N) is 2. The molecule has 0 spiro atoms. The molecular weight excluding hydrogens is 340 g/mol. The molecule has 6 heteroatoms. The van der Waals surface area contributed by atoms with Gasteiger partial charge in [0, 0.05) is 25.5 Å². The zero-order valence-corrected chi connectivity index (χ0v) is 15.4. The second kappa shape index (κ2) is 8.98. The van der Waals surface area contributed by atoms with Gasteiger partial charge in [0.15, 0.2) is 0 Å². The van der Waals surface area contributed by atoms with Crippen molar-refractivity contribution >= 4 is 22.6 Å². The largest absolute Gasteiger partial charge is 0.354 e. The van der Waals surface area contributed by atoms with Crippen LogP contribution in [0.25, 0.3) is 10.8 Å². The predicted octanol–water partition coefficient (Wildman–Crippen LogP) is 2.29. The van der Waals surface area contributed by atoms with Crippen LogP contribution in [0.5, 0.6) is 0 Å². The van der Waals surface area contributed by atoms with Crippen LogP contribution in [-0.4, -0.2) is 34.2 Å². The molecule has 0 saturated carbocycles. The summed E-state index contributed by atoms with van der Waals surface area (Å²) in [5, 5.41) is 11.9. The number of nitrogens with zero attached hydrogens (tertiary/aromatic N) is 2. The molecule has 1 aromatic heterocycles. The Morgan fingerprint density at radius 3 is 2.74 bits per heavy atom. The van der Waals surface area contributed by atoms with Gasteiger partial charge < -0.3 is 10.6 Å². The summed E-state index contributed by atoms with van der Waals surface area (Å²) in [7, 11) is 0. The Hall–Kier alpha value is -3.15. The van der Waals surface area contributed by atoms with Crippen molar-refractivity contribution in [1.82, 2.24) is 20.4 Å². The van der Waals surface area contributed by atoms with Crippen LogP contribution in [0.4, 0.5) is 0 Å². The smallest absolute Gasteiger partial charge is 0.242 e. The first kappa shape index (κ1) is 18.6. The van der Waals surface area contributed by atoms with Crippen LogP contribution in [-0.2, 0) is 22.6 Å². The molecule has 0 saturated heterocycles. The van der Waals surface area contributed by atoms with E-state index < -0.39 is 6.04 Å². The highest BCUT2D eigenvalue weighted by Gasteiger charge is 2.16. The fraction of sp³-hybridized carbons (Fsp3) is 0.286. The standard InChI is InChI=1S/C21H24N4O2/c1-16(21(27)22-11-5-13-25-14-6-12-23-25)24-20(26)15-18-9-4-8-17-7-2-3-10-19(17)18/h2-4,6-10,12,14,16H,5,11,13,15H2,1H3,(H,22,27)(H,24,26). The molecule has 3 aromatic rings. The van der Waals surface area contributed by atoms with Gasteiger partial charge in [-0.3, -0.25) is 14.3 Å². The fourth-order valence-electron chi connectivity index (χ4n) is 3.02. The summed E-state index contributed by atoms with van der Waals surface area (Å²) < 4.78 is 1.82. The monoisotopic (exact) mass is 364 g/mol. The van der Waals surface area contributed by atoms with Gasteiger partial charge in [0.25, 0.3) is 0 Å². The minimum atomic E-state index is -0.572. The number of rotatable bonds is 8. The number of carbonyl (C=O) groups excluding carboxylic acids is 2. The summed E-state index contributed by atoms with van der Waals surface area (Å²) >= 11 is 0. The van der Waals surface area contributed by atoms with Crippen molar-refractivity contribution in [3.8, 4) is 0 Å². The fourth-order valence-corrected chi connectivity index (χ4v) is 3.02. The Morgan fingerprint density at radius 1 is 1.11 bits per heavy atom. The summed E-state index contributed by atoms with van der Waals surface area (Å²) in [4.78, 5) is 24.5. The molecule has 0 fully saturated rings. The lowest BCUT2D eigenvalue weighted by molar-refractivity contribution is -0.128. The molecule has 0 aliphatic heterocycles. The van der Waals surface area contributed by atoms with Gasteiger partial charge in [-0.15, -0.1) is 0 Å². The molecule has 0 aliphatic carbocycles. The SMILES string of the molecule is CC(NC(=O)Cc1cccc2ccccc12)C(=O)NCCCn1cccn1. The van der Waals surface area contributed by atoms with E-state index in [1.54, 1.807) is 13.1 Å². The molecule has 140 valence electrons. The molecule has 6 nitrogen and oxygen atoms in total. The van der Waals surface area contributed by atoms with Crippen molar-refractivity contribution in [2.24, 2.45) is 0 Å². The third kappa shape index (κ3) is 5.17. The van der Waals surface area contributed by atoms with E-state index >= 15 is 0 Å². The number of amides is 2. The highest BCUT2D eigenvalue weighted by atomic mass is 16.2. The number of fused-ring (bicyclic) bond motifs is 1. The van der Waals surface area contributed by atoms with Crippen molar-refractivity contribution in [1.29, 1.82) is 0 Å². The van der Waals surface area contributed by atoms with Crippen molar-refractivity contribution < 1.29 is 9.59 Å². The average Bonchev–Trinajstić information content (AvgIpc) is 3.19. The third-order valence-corrected chi connectivity index (χ3v) is 4.42. The Labute approximate surface area is 158 Å². The van der Waals surface area contributed by atoms with E-state index in [9.17, 15) is 9.59 Å². The lowest BCUT2D eigenvalue weighted by Crippen LogP contribution is -2.45. The van der Waals surface area contributed by atoms with Crippen molar-refractivity contribution in [3.63, 3.8) is 0 Å². The number of hydrogen-bond acceptors (Lipinski definition) is 3. The van der Waals surface area contributed by atoms with Gasteiger partial charge in [0.05, 0.1) is 6.42 Å². The van der Waals surface area contributed by atoms with E-state index in [1.807, 2.05) is 59.4 Å². The molecule has 0 radical (unpaired) electrons. The maximum absolute atomic E-state index is 12.4. The average molecular weight is 364 g/mol. The number of hydrogen-bond donors (Lipinski definition) is 2. The van der Waals surface area contributed by atoms with Crippen molar-refractivity contribution in [3.05, 3.63) is 66.5 Å². The Bertz CT molecular complexity index is 900. The van der Waals surface area contributed by atoms with E-state index in [1.165, 1.54) is 0 Å². The lowest BCUT2D eigenvalue weighted by atomic mass is 10.0. The molecule has 1 atom stereocenters. The molecule has 2 N–H and O–H groups in total. The topological polar surface area (TPSA) is 76.0 Å². The maximum atomic E-state index is 12.4. The highest BCUT2D eigenvalue weighted by molar-refractivity contribution is 5.92. The number of benzene rings is 2. The molecule has 0 aliphatic rings. The first-order valence-electron chi connectivity index (χ1n) is 9.14. The molecule has 0 bridgehead atoms. The predicted molar refractivity (Wildman–Crippen MR) is 105 cm³/mol. The zero-order chi connectivity index (χ0) is 19.1. The Balaban J connectivity index is 1.46. The van der Waals surface area contributed by atoms with E-state index in [0.29, 0.717) is 6.54 Å². The van der Waals surface area contributed by atoms with Crippen LogP contribution in [0.15, 0.2) is 60.9 Å². The van der Waals surface area contributed by atoms with Crippen LogP contribution in [0.1, 0.15) is 18.9 Å². The van der Waals surface area contributed by atoms with Crippen molar-refractivity contribution in [2.45, 2.75) is 32.4 Å². The summed E-state index contributed by atoms with van der Waals surface area (Å²) in [6.45, 7) is 2.99. The molecule has 2 aromatic carbocycles. The first-order valence-corrected chi connectivity index (χ1v) is 9.14. The van der Waals surface area contributed by atoms with Crippen LogP contribution in [0, 0.1) is 0 Å². The van der Waals surface area contributed by atoms with E-state index in [2.05, 4.69) is 15.7 Å². The second-order valence-corrected chi connectivity index (χ2v) is 6.52. The molecule has 27 heavy (non-hydrogen) atoms. The third-order valence-electron chi connectivity index (χ3n) is 4.42. The van der Waals surface area contributed by atoms with Gasteiger partial charge in [0.2, 0.25) is 11.8 Å². The second-order valence-electron chi connectivity index (χ2n) is 6.52. The van der Waals surface area contributed by atoms with Crippen LogP contribution in [0.3, 0.4) is 0 Å². The molecule has 1 heterocycles. The van der Waals surface area contributed by atoms with Gasteiger partial charge in [-0.25, -0.2) is 0 Å². The first-order chi connectivity index (χ1) is 13.1. The van der Waals surface area contributed by atoms with Crippen molar-refractivity contribution in [2.75, 3.05) is 6.54 Å². The van der Waals surface area contributed by atoms with Crippen LogP contribution < -0.4 is 10.6 Å². The van der Waals surface area contributed by atoms with Gasteiger partial charge in [-0.1, -0.05) is 42.5 Å². The Kier molecular flexibility index (Phi) is 6.20. The molecule has 3 rings (SSSR count). The Morgan fingerprint density at radius 2 is 1.93 bits per heavy atom. The van der Waals surface area contributed by atoms with Gasteiger partial charge in [0.1, 0.15) is 6.04 Å². The number of aryl methyl sites for hydroxylation is 1. The molecular formula is C21H24N4O2.